The standard InChI is InChI=1S/C14H28N2/c1-4-8-15-12-6-9-16(11-12)13-5-7-14(2,3)10-13/h12-13,15H,4-11H2,1-3H3. The Morgan fingerprint density at radius 3 is 2.75 bits per heavy atom. The van der Waals surface area contributed by atoms with Gasteiger partial charge in [-0.05, 0) is 44.1 Å². The highest BCUT2D eigenvalue weighted by molar-refractivity contribution is 4.92. The molecule has 2 fully saturated rings. The van der Waals surface area contributed by atoms with Crippen molar-refractivity contribution in [2.75, 3.05) is 19.6 Å². The Kier molecular flexibility index (Phi) is 3.91. The first kappa shape index (κ1) is 12.4. The minimum absolute atomic E-state index is 0.597. The molecule has 2 nitrogen and oxygen atoms in total. The molecule has 0 aromatic carbocycles. The fourth-order valence-electron chi connectivity index (χ4n) is 3.35. The molecule has 1 saturated carbocycles. The summed E-state index contributed by atoms with van der Waals surface area (Å²) in [5, 5.41) is 3.66. The lowest BCUT2D eigenvalue weighted by atomic mass is 9.91. The number of rotatable bonds is 4. The van der Waals surface area contributed by atoms with E-state index < -0.39 is 0 Å². The molecule has 0 aromatic heterocycles. The summed E-state index contributed by atoms with van der Waals surface area (Å²) in [6, 6.07) is 1.65. The van der Waals surface area contributed by atoms with Crippen LogP contribution in [-0.4, -0.2) is 36.6 Å². The molecular weight excluding hydrogens is 196 g/mol. The molecule has 0 spiro atoms. The van der Waals surface area contributed by atoms with Crippen LogP contribution in [0.3, 0.4) is 0 Å². The molecule has 2 heteroatoms. The number of likely N-dealkylation sites (tertiary alicyclic amines) is 1. The SMILES string of the molecule is CCCNC1CCN(C2CCC(C)(C)C2)C1. The Morgan fingerprint density at radius 2 is 2.12 bits per heavy atom. The molecule has 1 aliphatic heterocycles. The van der Waals surface area contributed by atoms with Crippen LogP contribution in [-0.2, 0) is 0 Å². The third-order valence-corrected chi connectivity index (χ3v) is 4.36. The zero-order valence-corrected chi connectivity index (χ0v) is 11.3. The summed E-state index contributed by atoms with van der Waals surface area (Å²) in [5.41, 5.74) is 0.597. The number of hydrogen-bond donors (Lipinski definition) is 1. The van der Waals surface area contributed by atoms with Gasteiger partial charge in [-0.3, -0.25) is 4.90 Å². The van der Waals surface area contributed by atoms with Gasteiger partial charge in [-0.25, -0.2) is 0 Å². The summed E-state index contributed by atoms with van der Waals surface area (Å²) >= 11 is 0. The minimum Gasteiger partial charge on any atom is -0.313 e. The van der Waals surface area contributed by atoms with Crippen molar-refractivity contribution in [3.05, 3.63) is 0 Å². The Hall–Kier alpha value is -0.0800. The van der Waals surface area contributed by atoms with E-state index in [1.54, 1.807) is 0 Å². The first-order valence-corrected chi connectivity index (χ1v) is 7.08. The molecule has 1 heterocycles. The second-order valence-electron chi connectivity index (χ2n) is 6.50. The van der Waals surface area contributed by atoms with Crippen molar-refractivity contribution in [3.8, 4) is 0 Å². The van der Waals surface area contributed by atoms with Crippen LogP contribution >= 0.6 is 0 Å². The van der Waals surface area contributed by atoms with Crippen LogP contribution in [0.5, 0.6) is 0 Å². The maximum Gasteiger partial charge on any atom is 0.0207 e. The van der Waals surface area contributed by atoms with E-state index in [2.05, 4.69) is 31.0 Å². The predicted molar refractivity (Wildman–Crippen MR) is 69.7 cm³/mol. The van der Waals surface area contributed by atoms with E-state index in [1.807, 2.05) is 0 Å². The summed E-state index contributed by atoms with van der Waals surface area (Å²) in [7, 11) is 0. The molecule has 0 bridgehead atoms. The number of hydrogen-bond acceptors (Lipinski definition) is 2. The highest BCUT2D eigenvalue weighted by atomic mass is 15.2. The van der Waals surface area contributed by atoms with Gasteiger partial charge in [-0.2, -0.15) is 0 Å². The molecule has 2 rings (SSSR count). The van der Waals surface area contributed by atoms with Crippen LogP contribution in [0.2, 0.25) is 0 Å². The zero-order chi connectivity index (χ0) is 11.6. The van der Waals surface area contributed by atoms with Crippen molar-refractivity contribution < 1.29 is 0 Å². The Labute approximate surface area is 101 Å². The predicted octanol–water partition coefficient (Wildman–Crippen LogP) is 2.64. The molecule has 0 aromatic rings. The average molecular weight is 224 g/mol. The highest BCUT2D eigenvalue weighted by Crippen LogP contribution is 2.40. The summed E-state index contributed by atoms with van der Waals surface area (Å²) in [5.74, 6) is 0. The van der Waals surface area contributed by atoms with Crippen LogP contribution in [0.15, 0.2) is 0 Å². The quantitative estimate of drug-likeness (QED) is 0.790. The van der Waals surface area contributed by atoms with Gasteiger partial charge in [0.05, 0.1) is 0 Å². The van der Waals surface area contributed by atoms with E-state index in [0.717, 1.165) is 12.1 Å². The van der Waals surface area contributed by atoms with Crippen LogP contribution in [0.1, 0.15) is 52.9 Å². The van der Waals surface area contributed by atoms with Gasteiger partial charge < -0.3 is 5.32 Å². The zero-order valence-electron chi connectivity index (χ0n) is 11.3. The van der Waals surface area contributed by atoms with Gasteiger partial charge in [0.2, 0.25) is 0 Å². The summed E-state index contributed by atoms with van der Waals surface area (Å²) < 4.78 is 0. The fourth-order valence-corrected chi connectivity index (χ4v) is 3.35. The summed E-state index contributed by atoms with van der Waals surface area (Å²) in [6.45, 7) is 10.9. The number of nitrogens with zero attached hydrogens (tertiary/aromatic N) is 1. The number of nitrogens with one attached hydrogen (secondary N) is 1. The smallest absolute Gasteiger partial charge is 0.0207 e. The maximum absolute atomic E-state index is 3.66. The minimum atomic E-state index is 0.597. The third kappa shape index (κ3) is 2.98. The van der Waals surface area contributed by atoms with Crippen molar-refractivity contribution in [3.63, 3.8) is 0 Å². The maximum atomic E-state index is 3.66. The van der Waals surface area contributed by atoms with E-state index in [0.29, 0.717) is 5.41 Å². The highest BCUT2D eigenvalue weighted by Gasteiger charge is 2.36. The van der Waals surface area contributed by atoms with E-state index in [-0.39, 0.29) is 0 Å². The molecule has 0 radical (unpaired) electrons. The van der Waals surface area contributed by atoms with Crippen LogP contribution in [0, 0.1) is 5.41 Å². The van der Waals surface area contributed by atoms with E-state index in [1.165, 1.54) is 51.7 Å². The van der Waals surface area contributed by atoms with Gasteiger partial charge in [0, 0.05) is 25.2 Å². The molecule has 16 heavy (non-hydrogen) atoms. The van der Waals surface area contributed by atoms with Crippen LogP contribution in [0.4, 0.5) is 0 Å². The average Bonchev–Trinajstić information content (AvgIpc) is 2.81. The third-order valence-electron chi connectivity index (χ3n) is 4.36. The van der Waals surface area contributed by atoms with Gasteiger partial charge in [-0.1, -0.05) is 20.8 Å². The topological polar surface area (TPSA) is 15.3 Å². The fraction of sp³-hybridized carbons (Fsp3) is 1.00. The summed E-state index contributed by atoms with van der Waals surface area (Å²) in [6.07, 6.45) is 6.87. The van der Waals surface area contributed by atoms with Gasteiger partial charge in [0.1, 0.15) is 0 Å². The lowest BCUT2D eigenvalue weighted by molar-refractivity contribution is 0.222. The van der Waals surface area contributed by atoms with Gasteiger partial charge in [0.25, 0.3) is 0 Å². The molecule has 94 valence electrons. The van der Waals surface area contributed by atoms with Crippen molar-refractivity contribution in [1.82, 2.24) is 10.2 Å². The molecule has 1 aliphatic carbocycles. The Bertz CT molecular complexity index is 225. The van der Waals surface area contributed by atoms with Crippen molar-refractivity contribution in [2.24, 2.45) is 5.41 Å². The largest absolute Gasteiger partial charge is 0.313 e. The Balaban J connectivity index is 1.76. The molecule has 1 saturated heterocycles. The van der Waals surface area contributed by atoms with Crippen LogP contribution < -0.4 is 5.32 Å². The molecule has 2 unspecified atom stereocenters. The van der Waals surface area contributed by atoms with Crippen molar-refractivity contribution in [1.29, 1.82) is 0 Å². The first-order valence-electron chi connectivity index (χ1n) is 7.08. The summed E-state index contributed by atoms with van der Waals surface area (Å²) in [4.78, 5) is 2.74. The molecule has 2 aliphatic rings. The van der Waals surface area contributed by atoms with E-state index in [9.17, 15) is 0 Å². The molecule has 1 N–H and O–H groups in total. The van der Waals surface area contributed by atoms with Crippen molar-refractivity contribution >= 4 is 0 Å². The molecule has 2 atom stereocenters. The van der Waals surface area contributed by atoms with E-state index in [4.69, 9.17) is 0 Å². The van der Waals surface area contributed by atoms with Gasteiger partial charge in [-0.15, -0.1) is 0 Å². The second kappa shape index (κ2) is 5.05. The van der Waals surface area contributed by atoms with Crippen LogP contribution in [0.25, 0.3) is 0 Å². The van der Waals surface area contributed by atoms with Crippen molar-refractivity contribution in [2.45, 2.75) is 65.0 Å². The molecule has 0 amide bonds. The first-order chi connectivity index (χ1) is 7.61. The van der Waals surface area contributed by atoms with Gasteiger partial charge in [0.15, 0.2) is 0 Å². The lowest BCUT2D eigenvalue weighted by Crippen LogP contribution is -2.37. The molecular formula is C14H28N2. The monoisotopic (exact) mass is 224 g/mol. The Morgan fingerprint density at radius 1 is 1.31 bits per heavy atom. The van der Waals surface area contributed by atoms with Gasteiger partial charge >= 0.3 is 0 Å². The normalized spacial score (nSPS) is 34.7. The lowest BCUT2D eigenvalue weighted by Gasteiger charge is -2.25. The van der Waals surface area contributed by atoms with E-state index >= 15 is 0 Å². The second-order valence-corrected chi connectivity index (χ2v) is 6.50.